The fourth-order valence-electron chi connectivity index (χ4n) is 3.68. The van der Waals surface area contributed by atoms with Crippen molar-refractivity contribution in [1.82, 2.24) is 14.8 Å². The number of methoxy groups -OCH3 is 1. The minimum atomic E-state index is -0.139. The van der Waals surface area contributed by atoms with Crippen molar-refractivity contribution < 1.29 is 13.9 Å². The third kappa shape index (κ3) is 5.95. The Morgan fingerprint density at radius 3 is 2.58 bits per heavy atom. The molecular formula is C25H29N3O3. The molecule has 1 aliphatic carbocycles. The molecule has 0 spiro atoms. The van der Waals surface area contributed by atoms with Crippen LogP contribution in [0.1, 0.15) is 40.3 Å². The smallest absolute Gasteiger partial charge is 0.275 e. The molecule has 1 aromatic heterocycles. The van der Waals surface area contributed by atoms with Gasteiger partial charge in [-0.3, -0.25) is 9.69 Å². The first kappa shape index (κ1) is 21.1. The zero-order valence-electron chi connectivity index (χ0n) is 18.2. The van der Waals surface area contributed by atoms with E-state index < -0.39 is 0 Å². The van der Waals surface area contributed by atoms with Crippen molar-refractivity contribution in [3.63, 3.8) is 0 Å². The molecule has 0 aliphatic heterocycles. The largest absolute Gasteiger partial charge is 0.497 e. The average molecular weight is 420 g/mol. The number of carbonyl (C=O) groups excluding carboxylic acids is 1. The van der Waals surface area contributed by atoms with E-state index in [0.29, 0.717) is 24.7 Å². The number of aromatic nitrogens is 1. The van der Waals surface area contributed by atoms with E-state index in [1.165, 1.54) is 24.7 Å². The van der Waals surface area contributed by atoms with Crippen LogP contribution in [0.25, 0.3) is 0 Å². The van der Waals surface area contributed by atoms with Gasteiger partial charge in [0.05, 0.1) is 13.7 Å². The van der Waals surface area contributed by atoms with Gasteiger partial charge in [0.15, 0.2) is 5.69 Å². The summed E-state index contributed by atoms with van der Waals surface area (Å²) in [6.45, 7) is 2.89. The third-order valence-corrected chi connectivity index (χ3v) is 5.49. The SMILES string of the molecule is COc1cccc(CN(Cc2nc(C(=O)N(C)Cc3ccccc3)co2)CC2CC2)c1. The summed E-state index contributed by atoms with van der Waals surface area (Å²) in [5, 5.41) is 0. The lowest BCUT2D eigenvalue weighted by molar-refractivity contribution is 0.0779. The maximum Gasteiger partial charge on any atom is 0.275 e. The van der Waals surface area contributed by atoms with Gasteiger partial charge in [-0.15, -0.1) is 0 Å². The summed E-state index contributed by atoms with van der Waals surface area (Å²) in [5.41, 5.74) is 2.61. The van der Waals surface area contributed by atoms with E-state index in [-0.39, 0.29) is 5.91 Å². The predicted octanol–water partition coefficient (Wildman–Crippen LogP) is 4.37. The number of ether oxygens (including phenoxy) is 1. The maximum absolute atomic E-state index is 12.8. The highest BCUT2D eigenvalue weighted by molar-refractivity contribution is 5.91. The van der Waals surface area contributed by atoms with Gasteiger partial charge in [-0.1, -0.05) is 42.5 Å². The summed E-state index contributed by atoms with van der Waals surface area (Å²) in [5.74, 6) is 2.02. The predicted molar refractivity (Wildman–Crippen MR) is 119 cm³/mol. The number of carbonyl (C=O) groups is 1. The van der Waals surface area contributed by atoms with Crippen LogP contribution in [0.15, 0.2) is 65.3 Å². The second-order valence-electron chi connectivity index (χ2n) is 8.24. The second kappa shape index (κ2) is 9.79. The second-order valence-corrected chi connectivity index (χ2v) is 8.24. The highest BCUT2D eigenvalue weighted by Crippen LogP contribution is 2.31. The number of hydrogen-bond donors (Lipinski definition) is 0. The number of benzene rings is 2. The molecule has 4 rings (SSSR count). The fraction of sp³-hybridized carbons (Fsp3) is 0.360. The van der Waals surface area contributed by atoms with Gasteiger partial charge < -0.3 is 14.1 Å². The molecule has 0 atom stereocenters. The number of rotatable bonds is 10. The third-order valence-electron chi connectivity index (χ3n) is 5.49. The summed E-state index contributed by atoms with van der Waals surface area (Å²) in [6, 6.07) is 18.0. The summed E-state index contributed by atoms with van der Waals surface area (Å²) in [6.07, 6.45) is 4.02. The highest BCUT2D eigenvalue weighted by Gasteiger charge is 2.26. The summed E-state index contributed by atoms with van der Waals surface area (Å²) in [7, 11) is 3.47. The van der Waals surface area contributed by atoms with Gasteiger partial charge in [0.1, 0.15) is 12.0 Å². The van der Waals surface area contributed by atoms with Gasteiger partial charge in [0, 0.05) is 26.7 Å². The van der Waals surface area contributed by atoms with Gasteiger partial charge in [-0.25, -0.2) is 4.98 Å². The Morgan fingerprint density at radius 1 is 1.06 bits per heavy atom. The van der Waals surface area contributed by atoms with Crippen molar-refractivity contribution in [1.29, 1.82) is 0 Å². The molecule has 2 aromatic carbocycles. The number of oxazole rings is 1. The van der Waals surface area contributed by atoms with Crippen molar-refractivity contribution in [3.05, 3.63) is 83.6 Å². The maximum atomic E-state index is 12.8. The van der Waals surface area contributed by atoms with Crippen molar-refractivity contribution in [2.45, 2.75) is 32.5 Å². The zero-order chi connectivity index (χ0) is 21.6. The normalized spacial score (nSPS) is 13.4. The standard InChI is InChI=1S/C25H29N3O3/c1-27(14-19-7-4-3-5-8-19)25(29)23-18-31-24(26-23)17-28(15-20-11-12-20)16-21-9-6-10-22(13-21)30-2/h3-10,13,18,20H,11-12,14-17H2,1-2H3. The number of hydrogen-bond acceptors (Lipinski definition) is 5. The number of amides is 1. The molecule has 1 saturated carbocycles. The zero-order valence-corrected chi connectivity index (χ0v) is 18.2. The Balaban J connectivity index is 1.40. The van der Waals surface area contributed by atoms with E-state index >= 15 is 0 Å². The minimum absolute atomic E-state index is 0.139. The van der Waals surface area contributed by atoms with Gasteiger partial charge in [-0.05, 0) is 42.0 Å². The van der Waals surface area contributed by atoms with Crippen LogP contribution in [0.5, 0.6) is 5.75 Å². The molecule has 1 fully saturated rings. The van der Waals surface area contributed by atoms with Crippen LogP contribution >= 0.6 is 0 Å². The molecular weight excluding hydrogens is 390 g/mol. The molecule has 0 bridgehead atoms. The van der Waals surface area contributed by atoms with Crippen LogP contribution in [-0.2, 0) is 19.6 Å². The molecule has 31 heavy (non-hydrogen) atoms. The molecule has 0 saturated heterocycles. The first-order valence-corrected chi connectivity index (χ1v) is 10.7. The van der Waals surface area contributed by atoms with E-state index in [1.54, 1.807) is 19.1 Å². The van der Waals surface area contributed by atoms with Crippen molar-refractivity contribution in [2.75, 3.05) is 20.7 Å². The Morgan fingerprint density at radius 2 is 1.84 bits per heavy atom. The molecule has 1 heterocycles. The first-order valence-electron chi connectivity index (χ1n) is 10.7. The molecule has 1 aliphatic rings. The van der Waals surface area contributed by atoms with Gasteiger partial charge in [0.2, 0.25) is 5.89 Å². The lowest BCUT2D eigenvalue weighted by Crippen LogP contribution is -2.27. The van der Waals surface area contributed by atoms with Gasteiger partial charge >= 0.3 is 0 Å². The summed E-state index contributed by atoms with van der Waals surface area (Å²) < 4.78 is 11.0. The van der Waals surface area contributed by atoms with Gasteiger partial charge in [-0.2, -0.15) is 0 Å². The van der Waals surface area contributed by atoms with E-state index in [4.69, 9.17) is 9.15 Å². The lowest BCUT2D eigenvalue weighted by atomic mass is 10.2. The van der Waals surface area contributed by atoms with Gasteiger partial charge in [0.25, 0.3) is 5.91 Å². The Hall–Kier alpha value is -3.12. The Bertz CT molecular complexity index is 998. The van der Waals surface area contributed by atoms with Crippen LogP contribution < -0.4 is 4.74 Å². The van der Waals surface area contributed by atoms with Crippen LogP contribution in [0.3, 0.4) is 0 Å². The van der Waals surface area contributed by atoms with Crippen LogP contribution in [0.2, 0.25) is 0 Å². The summed E-state index contributed by atoms with van der Waals surface area (Å²) >= 11 is 0. The van der Waals surface area contributed by atoms with E-state index in [0.717, 1.165) is 30.3 Å². The van der Waals surface area contributed by atoms with E-state index in [9.17, 15) is 4.79 Å². The highest BCUT2D eigenvalue weighted by atomic mass is 16.5. The number of nitrogens with zero attached hydrogens (tertiary/aromatic N) is 3. The van der Waals surface area contributed by atoms with Crippen LogP contribution in [-0.4, -0.2) is 41.4 Å². The first-order chi connectivity index (χ1) is 15.1. The van der Waals surface area contributed by atoms with Crippen molar-refractivity contribution in [3.8, 4) is 5.75 Å². The molecule has 162 valence electrons. The van der Waals surface area contributed by atoms with Crippen molar-refractivity contribution >= 4 is 5.91 Å². The van der Waals surface area contributed by atoms with Crippen LogP contribution in [0.4, 0.5) is 0 Å². The molecule has 0 N–H and O–H groups in total. The summed E-state index contributed by atoms with van der Waals surface area (Å²) in [4.78, 5) is 21.3. The van der Waals surface area contributed by atoms with E-state index in [1.807, 2.05) is 42.5 Å². The average Bonchev–Trinajstić information content (AvgIpc) is 3.48. The lowest BCUT2D eigenvalue weighted by Gasteiger charge is -2.21. The minimum Gasteiger partial charge on any atom is -0.497 e. The quantitative estimate of drug-likeness (QED) is 0.488. The Kier molecular flexibility index (Phi) is 6.67. The van der Waals surface area contributed by atoms with Crippen LogP contribution in [0, 0.1) is 5.92 Å². The fourth-order valence-corrected chi connectivity index (χ4v) is 3.68. The molecule has 3 aromatic rings. The molecule has 6 nitrogen and oxygen atoms in total. The Labute approximate surface area is 183 Å². The van der Waals surface area contributed by atoms with E-state index in [2.05, 4.69) is 22.0 Å². The molecule has 0 radical (unpaired) electrons. The molecule has 1 amide bonds. The topological polar surface area (TPSA) is 58.8 Å². The van der Waals surface area contributed by atoms with Crippen molar-refractivity contribution in [2.24, 2.45) is 5.92 Å². The molecule has 6 heteroatoms. The molecule has 0 unspecified atom stereocenters. The monoisotopic (exact) mass is 419 g/mol.